The van der Waals surface area contributed by atoms with Crippen molar-refractivity contribution in [3.05, 3.63) is 51.3 Å². The second-order valence-corrected chi connectivity index (χ2v) is 4.45. The molecule has 0 bridgehead atoms. The van der Waals surface area contributed by atoms with E-state index in [4.69, 9.17) is 4.42 Å². The van der Waals surface area contributed by atoms with E-state index in [1.807, 2.05) is 16.8 Å². The number of hydrogen-bond acceptors (Lipinski definition) is 4. The highest BCUT2D eigenvalue weighted by molar-refractivity contribution is 7.08. The summed E-state index contributed by atoms with van der Waals surface area (Å²) in [5.41, 5.74) is 1.17. The maximum atomic E-state index is 11.9. The van der Waals surface area contributed by atoms with Crippen LogP contribution in [-0.4, -0.2) is 5.11 Å². The first-order valence-electron chi connectivity index (χ1n) is 5.03. The van der Waals surface area contributed by atoms with Gasteiger partial charge in [0.2, 0.25) is 0 Å². The highest BCUT2D eigenvalue weighted by Gasteiger charge is 2.07. The molecule has 2 aromatic heterocycles. The van der Waals surface area contributed by atoms with Gasteiger partial charge in [-0.05, 0) is 23.6 Å². The van der Waals surface area contributed by atoms with E-state index in [0.29, 0.717) is 16.7 Å². The van der Waals surface area contributed by atoms with Crippen LogP contribution in [0.4, 0.5) is 0 Å². The van der Waals surface area contributed by atoms with Crippen LogP contribution in [0.2, 0.25) is 0 Å². The minimum atomic E-state index is -0.104. The standard InChI is InChI=1S/C13H8O3S/c14-9-1-2-10-11(15)6-12(16-13(10)5-9)8-3-4-17-7-8/h1-7,14H. The number of phenolic OH excluding ortho intramolecular Hbond substituents is 1. The van der Waals surface area contributed by atoms with Crippen LogP contribution in [0.5, 0.6) is 5.75 Å². The number of fused-ring (bicyclic) bond motifs is 1. The molecule has 0 atom stereocenters. The summed E-state index contributed by atoms with van der Waals surface area (Å²) in [7, 11) is 0. The van der Waals surface area contributed by atoms with Crippen molar-refractivity contribution in [2.24, 2.45) is 0 Å². The van der Waals surface area contributed by atoms with Gasteiger partial charge in [0, 0.05) is 23.1 Å². The zero-order chi connectivity index (χ0) is 11.8. The molecular weight excluding hydrogens is 236 g/mol. The largest absolute Gasteiger partial charge is 0.508 e. The van der Waals surface area contributed by atoms with Crippen molar-refractivity contribution < 1.29 is 9.52 Å². The van der Waals surface area contributed by atoms with Gasteiger partial charge in [0.1, 0.15) is 17.1 Å². The summed E-state index contributed by atoms with van der Waals surface area (Å²) >= 11 is 1.54. The third kappa shape index (κ3) is 1.72. The van der Waals surface area contributed by atoms with Gasteiger partial charge in [0.15, 0.2) is 5.43 Å². The summed E-state index contributed by atoms with van der Waals surface area (Å²) in [6.45, 7) is 0. The van der Waals surface area contributed by atoms with E-state index >= 15 is 0 Å². The van der Waals surface area contributed by atoms with Gasteiger partial charge in [-0.25, -0.2) is 0 Å². The van der Waals surface area contributed by atoms with E-state index in [9.17, 15) is 9.90 Å². The van der Waals surface area contributed by atoms with Crippen molar-refractivity contribution in [1.29, 1.82) is 0 Å². The van der Waals surface area contributed by atoms with Crippen LogP contribution >= 0.6 is 11.3 Å². The average Bonchev–Trinajstić information content (AvgIpc) is 2.81. The Labute approximate surface area is 101 Å². The predicted molar refractivity (Wildman–Crippen MR) is 67.5 cm³/mol. The predicted octanol–water partition coefficient (Wildman–Crippen LogP) is 3.23. The lowest BCUT2D eigenvalue weighted by Gasteiger charge is -2.01. The quantitative estimate of drug-likeness (QED) is 0.715. The monoisotopic (exact) mass is 244 g/mol. The average molecular weight is 244 g/mol. The second-order valence-electron chi connectivity index (χ2n) is 3.67. The van der Waals surface area contributed by atoms with E-state index in [1.54, 1.807) is 6.07 Å². The van der Waals surface area contributed by atoms with Crippen LogP contribution in [0.3, 0.4) is 0 Å². The molecule has 1 aromatic carbocycles. The van der Waals surface area contributed by atoms with Gasteiger partial charge in [-0.3, -0.25) is 4.79 Å². The molecule has 2 heterocycles. The molecule has 0 amide bonds. The van der Waals surface area contributed by atoms with E-state index in [2.05, 4.69) is 0 Å². The zero-order valence-corrected chi connectivity index (χ0v) is 9.53. The van der Waals surface area contributed by atoms with Crippen molar-refractivity contribution >= 4 is 22.3 Å². The fourth-order valence-corrected chi connectivity index (χ4v) is 2.34. The molecule has 3 rings (SSSR count). The summed E-state index contributed by atoms with van der Waals surface area (Å²) in [6.07, 6.45) is 0. The zero-order valence-electron chi connectivity index (χ0n) is 8.71. The summed E-state index contributed by atoms with van der Waals surface area (Å²) in [5, 5.41) is 13.7. The van der Waals surface area contributed by atoms with Gasteiger partial charge in [-0.1, -0.05) is 0 Å². The van der Waals surface area contributed by atoms with E-state index < -0.39 is 0 Å². The molecule has 1 N–H and O–H groups in total. The molecule has 0 aliphatic rings. The normalized spacial score (nSPS) is 10.8. The van der Waals surface area contributed by atoms with Crippen LogP contribution in [0, 0.1) is 0 Å². The van der Waals surface area contributed by atoms with E-state index in [0.717, 1.165) is 5.56 Å². The third-order valence-corrected chi connectivity index (χ3v) is 3.20. The van der Waals surface area contributed by atoms with Crippen LogP contribution in [0.15, 0.2) is 50.3 Å². The lowest BCUT2D eigenvalue weighted by atomic mass is 10.2. The van der Waals surface area contributed by atoms with Crippen LogP contribution < -0.4 is 5.43 Å². The summed E-state index contributed by atoms with van der Waals surface area (Å²) in [6, 6.07) is 7.85. The molecule has 3 nitrogen and oxygen atoms in total. The molecule has 0 saturated carbocycles. The van der Waals surface area contributed by atoms with Gasteiger partial charge in [0.05, 0.1) is 5.39 Å². The summed E-state index contributed by atoms with van der Waals surface area (Å²) in [4.78, 5) is 11.9. The van der Waals surface area contributed by atoms with Crippen molar-refractivity contribution in [3.8, 4) is 17.1 Å². The Hall–Kier alpha value is -2.07. The maximum absolute atomic E-state index is 11.9. The maximum Gasteiger partial charge on any atom is 0.193 e. The van der Waals surface area contributed by atoms with Crippen molar-refractivity contribution in [1.82, 2.24) is 0 Å². The van der Waals surface area contributed by atoms with Crippen LogP contribution in [0.25, 0.3) is 22.3 Å². The fraction of sp³-hybridized carbons (Fsp3) is 0. The Morgan fingerprint density at radius 2 is 2.06 bits per heavy atom. The van der Waals surface area contributed by atoms with Gasteiger partial charge in [0.25, 0.3) is 0 Å². The molecule has 3 aromatic rings. The molecule has 0 radical (unpaired) electrons. The Bertz CT molecular complexity index is 726. The third-order valence-electron chi connectivity index (χ3n) is 2.52. The number of thiophene rings is 1. The van der Waals surface area contributed by atoms with Gasteiger partial charge >= 0.3 is 0 Å². The summed E-state index contributed by atoms with van der Waals surface area (Å²) < 4.78 is 5.61. The molecule has 0 aliphatic heterocycles. The number of hydrogen-bond donors (Lipinski definition) is 1. The first kappa shape index (κ1) is 10.1. The highest BCUT2D eigenvalue weighted by atomic mass is 32.1. The SMILES string of the molecule is O=c1cc(-c2ccsc2)oc2cc(O)ccc12. The van der Waals surface area contributed by atoms with Gasteiger partial charge in [-0.2, -0.15) is 11.3 Å². The first-order valence-corrected chi connectivity index (χ1v) is 5.98. The second kappa shape index (κ2) is 3.75. The Morgan fingerprint density at radius 3 is 2.82 bits per heavy atom. The number of benzene rings is 1. The van der Waals surface area contributed by atoms with Gasteiger partial charge in [-0.15, -0.1) is 0 Å². The van der Waals surface area contributed by atoms with Crippen LogP contribution in [0.1, 0.15) is 0 Å². The molecule has 4 heteroatoms. The minimum absolute atomic E-state index is 0.0862. The van der Waals surface area contributed by atoms with Crippen LogP contribution in [-0.2, 0) is 0 Å². The van der Waals surface area contributed by atoms with Crippen molar-refractivity contribution in [2.45, 2.75) is 0 Å². The van der Waals surface area contributed by atoms with E-state index in [1.165, 1.54) is 29.5 Å². The summed E-state index contributed by atoms with van der Waals surface area (Å²) in [5.74, 6) is 0.609. The molecule has 84 valence electrons. The number of rotatable bonds is 1. The Morgan fingerprint density at radius 1 is 1.18 bits per heavy atom. The Kier molecular flexibility index (Phi) is 2.23. The smallest absolute Gasteiger partial charge is 0.193 e. The fourth-order valence-electron chi connectivity index (χ4n) is 1.69. The molecule has 17 heavy (non-hydrogen) atoms. The molecular formula is C13H8O3S. The molecule has 0 saturated heterocycles. The van der Waals surface area contributed by atoms with E-state index in [-0.39, 0.29) is 11.2 Å². The number of phenols is 1. The minimum Gasteiger partial charge on any atom is -0.508 e. The first-order chi connectivity index (χ1) is 8.24. The van der Waals surface area contributed by atoms with Gasteiger partial charge < -0.3 is 9.52 Å². The Balaban J connectivity index is 2.33. The molecule has 0 unspecified atom stereocenters. The highest BCUT2D eigenvalue weighted by Crippen LogP contribution is 2.25. The van der Waals surface area contributed by atoms with Crippen molar-refractivity contribution in [3.63, 3.8) is 0 Å². The molecule has 0 aliphatic carbocycles. The van der Waals surface area contributed by atoms with Crippen molar-refractivity contribution in [2.75, 3.05) is 0 Å². The lowest BCUT2D eigenvalue weighted by molar-refractivity contribution is 0.474. The lowest BCUT2D eigenvalue weighted by Crippen LogP contribution is -1.99. The molecule has 0 spiro atoms. The topological polar surface area (TPSA) is 50.4 Å². The number of aromatic hydroxyl groups is 1. The molecule has 0 fully saturated rings.